The summed E-state index contributed by atoms with van der Waals surface area (Å²) in [7, 11) is 1.62. The van der Waals surface area contributed by atoms with Gasteiger partial charge in [0.1, 0.15) is 5.75 Å². The number of methoxy groups -OCH3 is 1. The first-order valence-corrected chi connectivity index (χ1v) is 6.60. The number of nitrogens with one attached hydrogen (secondary N) is 1. The van der Waals surface area contributed by atoms with E-state index in [-0.39, 0.29) is 30.3 Å². The number of benzene rings is 1. The number of hydrogen-bond donors (Lipinski definition) is 2. The monoisotopic (exact) mass is 350 g/mol. The molecule has 0 aliphatic rings. The smallest absolute Gasteiger partial charge is 0.224 e. The van der Waals surface area contributed by atoms with Crippen LogP contribution in [0, 0.1) is 5.92 Å². The van der Waals surface area contributed by atoms with Crippen LogP contribution < -0.4 is 15.8 Å². The topological polar surface area (TPSA) is 64.3 Å². The summed E-state index contributed by atoms with van der Waals surface area (Å²) in [5.41, 5.74) is 6.69. The fourth-order valence-corrected chi connectivity index (χ4v) is 2.00. The summed E-state index contributed by atoms with van der Waals surface area (Å²) in [6.45, 7) is 4.14. The van der Waals surface area contributed by atoms with Gasteiger partial charge in [0.25, 0.3) is 0 Å². The highest BCUT2D eigenvalue weighted by Gasteiger charge is 2.16. The second-order valence-corrected chi connectivity index (χ2v) is 5.19. The lowest BCUT2D eigenvalue weighted by Gasteiger charge is -2.15. The van der Waals surface area contributed by atoms with E-state index < -0.39 is 0 Å². The van der Waals surface area contributed by atoms with Gasteiger partial charge in [-0.25, -0.2) is 0 Å². The molecule has 108 valence electrons. The van der Waals surface area contributed by atoms with Crippen LogP contribution in [0.3, 0.4) is 0 Å². The highest BCUT2D eigenvalue weighted by atomic mass is 79.9. The number of carbonyl (C=O) groups is 1. The zero-order chi connectivity index (χ0) is 13.7. The van der Waals surface area contributed by atoms with Crippen LogP contribution in [0.1, 0.15) is 19.4 Å². The molecule has 0 heterocycles. The lowest BCUT2D eigenvalue weighted by Crippen LogP contribution is -2.38. The van der Waals surface area contributed by atoms with Crippen molar-refractivity contribution in [3.05, 3.63) is 28.2 Å². The molecule has 0 aliphatic heterocycles. The predicted molar refractivity (Wildman–Crippen MR) is 82.6 cm³/mol. The Balaban J connectivity index is 0.00000324. The summed E-state index contributed by atoms with van der Waals surface area (Å²) < 4.78 is 6.02. The Bertz CT molecular complexity index is 427. The first kappa shape index (κ1) is 18.2. The first-order chi connectivity index (χ1) is 8.45. The summed E-state index contributed by atoms with van der Waals surface area (Å²) >= 11 is 3.41. The van der Waals surface area contributed by atoms with Crippen LogP contribution in [-0.2, 0) is 11.3 Å². The number of amides is 1. The van der Waals surface area contributed by atoms with Crippen molar-refractivity contribution in [2.75, 3.05) is 7.11 Å². The van der Waals surface area contributed by atoms with Gasteiger partial charge in [-0.1, -0.05) is 13.0 Å². The van der Waals surface area contributed by atoms with Crippen LogP contribution in [0.2, 0.25) is 0 Å². The van der Waals surface area contributed by atoms with Crippen LogP contribution in [0.15, 0.2) is 22.7 Å². The predicted octanol–water partition coefficient (Wildman–Crippen LogP) is 2.48. The second kappa shape index (κ2) is 8.40. The Morgan fingerprint density at radius 3 is 2.58 bits per heavy atom. The summed E-state index contributed by atoms with van der Waals surface area (Å²) in [5.74, 6) is 0.553. The van der Waals surface area contributed by atoms with Crippen molar-refractivity contribution in [3.8, 4) is 5.75 Å². The summed E-state index contributed by atoms with van der Waals surface area (Å²) in [4.78, 5) is 11.7. The van der Waals surface area contributed by atoms with Crippen molar-refractivity contribution in [1.29, 1.82) is 0 Å². The van der Waals surface area contributed by atoms with Gasteiger partial charge in [0.15, 0.2) is 0 Å². The third kappa shape index (κ3) is 5.38. The third-order valence-electron chi connectivity index (χ3n) is 2.89. The van der Waals surface area contributed by atoms with Crippen molar-refractivity contribution in [2.45, 2.75) is 26.4 Å². The highest BCUT2D eigenvalue weighted by molar-refractivity contribution is 9.10. The third-order valence-corrected chi connectivity index (χ3v) is 3.50. The maximum absolute atomic E-state index is 11.7. The molecule has 0 spiro atoms. The average molecular weight is 352 g/mol. The van der Waals surface area contributed by atoms with E-state index >= 15 is 0 Å². The molecule has 2 atom stereocenters. The van der Waals surface area contributed by atoms with E-state index in [1.165, 1.54) is 0 Å². The van der Waals surface area contributed by atoms with Gasteiger partial charge in [0.2, 0.25) is 5.91 Å². The molecule has 1 aromatic carbocycles. The summed E-state index contributed by atoms with van der Waals surface area (Å²) in [5, 5.41) is 2.86. The molecule has 0 saturated heterocycles. The van der Waals surface area contributed by atoms with Gasteiger partial charge in [-0.3, -0.25) is 4.79 Å². The molecule has 0 radical (unpaired) electrons. The van der Waals surface area contributed by atoms with Crippen LogP contribution in [0.4, 0.5) is 0 Å². The van der Waals surface area contributed by atoms with E-state index in [1.807, 2.05) is 32.0 Å². The number of rotatable bonds is 5. The van der Waals surface area contributed by atoms with Gasteiger partial charge in [-0.2, -0.15) is 0 Å². The molecule has 4 nitrogen and oxygen atoms in total. The number of ether oxygens (including phenoxy) is 1. The van der Waals surface area contributed by atoms with Crippen molar-refractivity contribution in [3.63, 3.8) is 0 Å². The van der Waals surface area contributed by atoms with Crippen LogP contribution in [0.5, 0.6) is 5.75 Å². The average Bonchev–Trinajstić information content (AvgIpc) is 2.35. The number of nitrogens with two attached hydrogens (primary N) is 1. The quantitative estimate of drug-likeness (QED) is 0.856. The van der Waals surface area contributed by atoms with Gasteiger partial charge in [-0.05, 0) is 40.5 Å². The minimum atomic E-state index is -0.188. The fourth-order valence-electron chi connectivity index (χ4n) is 1.41. The molecule has 0 fully saturated rings. The molecule has 1 amide bonds. The Hall–Kier alpha value is -0.780. The summed E-state index contributed by atoms with van der Waals surface area (Å²) in [6, 6.07) is 5.56. The van der Waals surface area contributed by atoms with Gasteiger partial charge < -0.3 is 15.8 Å². The molecule has 3 N–H and O–H groups in total. The van der Waals surface area contributed by atoms with Crippen LogP contribution in [0.25, 0.3) is 0 Å². The van der Waals surface area contributed by atoms with E-state index in [9.17, 15) is 4.79 Å². The van der Waals surface area contributed by atoms with Crippen LogP contribution >= 0.6 is 28.3 Å². The molecule has 1 aromatic rings. The molecule has 2 unspecified atom stereocenters. The van der Waals surface area contributed by atoms with E-state index in [0.29, 0.717) is 6.54 Å². The largest absolute Gasteiger partial charge is 0.496 e. The van der Waals surface area contributed by atoms with Crippen molar-refractivity contribution in [2.24, 2.45) is 11.7 Å². The molecule has 1 rings (SSSR count). The number of halogens is 2. The molecule has 0 aliphatic carbocycles. The van der Waals surface area contributed by atoms with Gasteiger partial charge >= 0.3 is 0 Å². The van der Waals surface area contributed by atoms with Gasteiger partial charge in [-0.15, -0.1) is 12.4 Å². The van der Waals surface area contributed by atoms with Gasteiger partial charge in [0.05, 0.1) is 11.6 Å². The van der Waals surface area contributed by atoms with Crippen LogP contribution in [-0.4, -0.2) is 19.1 Å². The lowest BCUT2D eigenvalue weighted by molar-refractivity contribution is -0.125. The van der Waals surface area contributed by atoms with Gasteiger partial charge in [0, 0.05) is 18.5 Å². The van der Waals surface area contributed by atoms with Crippen molar-refractivity contribution in [1.82, 2.24) is 5.32 Å². The molecular weight excluding hydrogens is 332 g/mol. The Morgan fingerprint density at radius 2 is 2.11 bits per heavy atom. The number of hydrogen-bond acceptors (Lipinski definition) is 3. The van der Waals surface area contributed by atoms with E-state index in [2.05, 4.69) is 21.2 Å². The zero-order valence-corrected chi connectivity index (χ0v) is 13.7. The zero-order valence-electron chi connectivity index (χ0n) is 11.3. The normalized spacial score (nSPS) is 13.1. The van der Waals surface area contributed by atoms with Crippen molar-refractivity contribution >= 4 is 34.2 Å². The molecule has 19 heavy (non-hydrogen) atoms. The molecule has 0 aromatic heterocycles. The van der Waals surface area contributed by atoms with E-state index in [0.717, 1.165) is 15.8 Å². The summed E-state index contributed by atoms with van der Waals surface area (Å²) in [6.07, 6.45) is 0. The minimum Gasteiger partial charge on any atom is -0.496 e. The minimum absolute atomic E-state index is 0. The molecule has 0 bridgehead atoms. The van der Waals surface area contributed by atoms with Crippen molar-refractivity contribution < 1.29 is 9.53 Å². The molecule has 0 saturated carbocycles. The SMILES string of the molecule is COc1ccc(CNC(=O)C(C)C(C)N)cc1Br.Cl. The maximum atomic E-state index is 11.7. The molecule has 6 heteroatoms. The standard InChI is InChI=1S/C13H19BrN2O2.ClH/c1-8(9(2)15)13(17)16-7-10-4-5-12(18-3)11(14)6-10;/h4-6,8-9H,7,15H2,1-3H3,(H,16,17);1H. The van der Waals surface area contributed by atoms with E-state index in [1.54, 1.807) is 7.11 Å². The first-order valence-electron chi connectivity index (χ1n) is 5.81. The molecular formula is C13H20BrClN2O2. The fraction of sp³-hybridized carbons (Fsp3) is 0.462. The second-order valence-electron chi connectivity index (χ2n) is 4.33. The van der Waals surface area contributed by atoms with E-state index in [4.69, 9.17) is 10.5 Å². The highest BCUT2D eigenvalue weighted by Crippen LogP contribution is 2.25. The Labute approximate surface area is 128 Å². The number of carbonyl (C=O) groups excluding carboxylic acids is 1. The maximum Gasteiger partial charge on any atom is 0.224 e. The Morgan fingerprint density at radius 1 is 1.47 bits per heavy atom. The lowest BCUT2D eigenvalue weighted by atomic mass is 10.0. The Kier molecular flexibility index (Phi) is 8.06.